The summed E-state index contributed by atoms with van der Waals surface area (Å²) in [5.41, 5.74) is 5.18. The zero-order valence-electron chi connectivity index (χ0n) is 19.8. The van der Waals surface area contributed by atoms with Crippen LogP contribution in [-0.4, -0.2) is 26.5 Å². The predicted octanol–water partition coefficient (Wildman–Crippen LogP) is 6.72. The molecule has 3 aromatic carbocycles. The summed E-state index contributed by atoms with van der Waals surface area (Å²) in [4.78, 5) is 29.6. The molecule has 4 aromatic rings. The van der Waals surface area contributed by atoms with Gasteiger partial charge in [-0.2, -0.15) is 0 Å². The van der Waals surface area contributed by atoms with Crippen LogP contribution in [0.25, 0.3) is 22.4 Å². The zero-order valence-corrected chi connectivity index (χ0v) is 19.8. The number of nitrogens with zero attached hydrogens (tertiary/aromatic N) is 2. The number of para-hydroxylation sites is 1. The molecule has 0 saturated heterocycles. The summed E-state index contributed by atoms with van der Waals surface area (Å²) < 4.78 is 2.24. The van der Waals surface area contributed by atoms with E-state index in [1.807, 2.05) is 54.6 Å². The van der Waals surface area contributed by atoms with Gasteiger partial charge in [-0.3, -0.25) is 4.79 Å². The minimum absolute atomic E-state index is 0.160. The first-order valence-corrected chi connectivity index (χ1v) is 12.3. The molecule has 0 aliphatic heterocycles. The summed E-state index contributed by atoms with van der Waals surface area (Å²) in [7, 11) is 0. The van der Waals surface area contributed by atoms with E-state index in [9.17, 15) is 14.7 Å². The highest BCUT2D eigenvalue weighted by Gasteiger charge is 2.24. The van der Waals surface area contributed by atoms with E-state index in [1.165, 1.54) is 0 Å². The lowest BCUT2D eigenvalue weighted by Crippen LogP contribution is -2.13. The molecule has 1 aliphatic rings. The SMILES string of the molecule is CCCc1ccccc1NC(=O)c1cccc(-c2nc3cc(C(=O)O)ccc3n2C2CCCC2)c1. The van der Waals surface area contributed by atoms with Gasteiger partial charge >= 0.3 is 5.97 Å². The summed E-state index contributed by atoms with van der Waals surface area (Å²) in [6.45, 7) is 2.12. The first-order chi connectivity index (χ1) is 17.0. The number of fused-ring (bicyclic) bond motifs is 1. The second-order valence-corrected chi connectivity index (χ2v) is 9.19. The number of carbonyl (C=O) groups excluding carboxylic acids is 1. The second kappa shape index (κ2) is 9.74. The third-order valence-corrected chi connectivity index (χ3v) is 6.79. The van der Waals surface area contributed by atoms with E-state index >= 15 is 0 Å². The van der Waals surface area contributed by atoms with Gasteiger partial charge in [0.1, 0.15) is 5.82 Å². The van der Waals surface area contributed by atoms with Crippen molar-refractivity contribution in [1.29, 1.82) is 0 Å². The van der Waals surface area contributed by atoms with E-state index in [2.05, 4.69) is 16.8 Å². The molecular formula is C29H29N3O3. The monoisotopic (exact) mass is 467 g/mol. The Morgan fingerprint density at radius 2 is 1.80 bits per heavy atom. The Morgan fingerprint density at radius 1 is 1.00 bits per heavy atom. The summed E-state index contributed by atoms with van der Waals surface area (Å²) in [6.07, 6.45) is 6.36. The molecule has 35 heavy (non-hydrogen) atoms. The standard InChI is InChI=1S/C29H29N3O3/c1-2-8-19-9-3-6-14-24(19)31-28(33)21-11-7-10-20(17-21)27-30-25-18-22(29(34)35)15-16-26(25)32(27)23-12-4-5-13-23/h3,6-7,9-11,14-18,23H,2,4-5,8,12-13H2,1H3,(H,31,33)(H,34,35). The maximum absolute atomic E-state index is 13.2. The smallest absolute Gasteiger partial charge is 0.335 e. The summed E-state index contributed by atoms with van der Waals surface area (Å²) in [5, 5.41) is 12.5. The van der Waals surface area contributed by atoms with E-state index in [0.717, 1.165) is 66.7 Å². The van der Waals surface area contributed by atoms with Gasteiger partial charge in [-0.1, -0.05) is 56.5 Å². The third-order valence-electron chi connectivity index (χ3n) is 6.79. The van der Waals surface area contributed by atoms with E-state index in [1.54, 1.807) is 12.1 Å². The van der Waals surface area contributed by atoms with Gasteiger partial charge in [-0.05, 0) is 61.2 Å². The summed E-state index contributed by atoms with van der Waals surface area (Å²) >= 11 is 0. The number of aromatic carboxylic acids is 1. The van der Waals surface area contributed by atoms with E-state index in [-0.39, 0.29) is 11.5 Å². The lowest BCUT2D eigenvalue weighted by molar-refractivity contribution is 0.0696. The Kier molecular flexibility index (Phi) is 6.36. The van der Waals surface area contributed by atoms with E-state index in [4.69, 9.17) is 4.98 Å². The minimum Gasteiger partial charge on any atom is -0.478 e. The Labute approximate surface area is 204 Å². The van der Waals surface area contributed by atoms with Gasteiger partial charge in [0.15, 0.2) is 0 Å². The van der Waals surface area contributed by atoms with Gasteiger partial charge in [-0.25, -0.2) is 9.78 Å². The molecule has 1 saturated carbocycles. The van der Waals surface area contributed by atoms with Crippen LogP contribution in [0.15, 0.2) is 66.7 Å². The fourth-order valence-corrected chi connectivity index (χ4v) is 5.09. The van der Waals surface area contributed by atoms with Gasteiger partial charge in [0.25, 0.3) is 5.91 Å². The number of aromatic nitrogens is 2. The van der Waals surface area contributed by atoms with Crippen molar-refractivity contribution in [2.75, 3.05) is 5.32 Å². The van der Waals surface area contributed by atoms with Crippen LogP contribution in [-0.2, 0) is 6.42 Å². The van der Waals surface area contributed by atoms with Crippen molar-refractivity contribution >= 4 is 28.6 Å². The van der Waals surface area contributed by atoms with Crippen molar-refractivity contribution in [1.82, 2.24) is 9.55 Å². The van der Waals surface area contributed by atoms with Gasteiger partial charge < -0.3 is 15.0 Å². The predicted molar refractivity (Wildman–Crippen MR) is 138 cm³/mol. The van der Waals surface area contributed by atoms with Gasteiger partial charge in [0, 0.05) is 22.9 Å². The average molecular weight is 468 g/mol. The fourth-order valence-electron chi connectivity index (χ4n) is 5.09. The quantitative estimate of drug-likeness (QED) is 0.316. The van der Waals surface area contributed by atoms with Crippen LogP contribution in [0, 0.1) is 0 Å². The zero-order chi connectivity index (χ0) is 24.4. The molecule has 2 N–H and O–H groups in total. The molecule has 1 aliphatic carbocycles. The maximum Gasteiger partial charge on any atom is 0.335 e. The van der Waals surface area contributed by atoms with Crippen LogP contribution >= 0.6 is 0 Å². The number of nitrogens with one attached hydrogen (secondary N) is 1. The van der Waals surface area contributed by atoms with Crippen LogP contribution < -0.4 is 5.32 Å². The van der Waals surface area contributed by atoms with Crippen LogP contribution in [0.2, 0.25) is 0 Å². The largest absolute Gasteiger partial charge is 0.478 e. The Morgan fingerprint density at radius 3 is 2.57 bits per heavy atom. The Balaban J connectivity index is 1.54. The van der Waals surface area contributed by atoms with Gasteiger partial charge in [0.05, 0.1) is 16.6 Å². The Bertz CT molecular complexity index is 1400. The molecule has 0 bridgehead atoms. The second-order valence-electron chi connectivity index (χ2n) is 9.19. The molecule has 1 heterocycles. The average Bonchev–Trinajstić information content (AvgIpc) is 3.52. The number of aryl methyl sites for hydroxylation is 1. The number of carboxylic acid groups (broad SMARTS) is 1. The van der Waals surface area contributed by atoms with Crippen LogP contribution in [0.4, 0.5) is 5.69 Å². The number of benzene rings is 3. The highest BCUT2D eigenvalue weighted by molar-refractivity contribution is 6.05. The highest BCUT2D eigenvalue weighted by Crippen LogP contribution is 2.37. The number of hydrogen-bond acceptors (Lipinski definition) is 3. The van der Waals surface area contributed by atoms with Crippen molar-refractivity contribution in [3.05, 3.63) is 83.4 Å². The normalized spacial score (nSPS) is 13.9. The van der Waals surface area contributed by atoms with Crippen molar-refractivity contribution < 1.29 is 14.7 Å². The maximum atomic E-state index is 13.2. The van der Waals surface area contributed by atoms with Crippen LogP contribution in [0.5, 0.6) is 0 Å². The molecule has 0 spiro atoms. The topological polar surface area (TPSA) is 84.2 Å². The molecule has 0 atom stereocenters. The molecule has 0 radical (unpaired) electrons. The molecular weight excluding hydrogens is 438 g/mol. The number of anilines is 1. The summed E-state index contributed by atoms with van der Waals surface area (Å²) in [5.74, 6) is -0.353. The van der Waals surface area contributed by atoms with Gasteiger partial charge in [0.2, 0.25) is 0 Å². The van der Waals surface area contributed by atoms with E-state index < -0.39 is 5.97 Å². The first-order valence-electron chi connectivity index (χ1n) is 12.3. The molecule has 6 nitrogen and oxygen atoms in total. The molecule has 6 heteroatoms. The fraction of sp³-hybridized carbons (Fsp3) is 0.276. The van der Waals surface area contributed by atoms with E-state index in [0.29, 0.717) is 17.1 Å². The van der Waals surface area contributed by atoms with Crippen molar-refractivity contribution in [2.45, 2.75) is 51.5 Å². The summed E-state index contributed by atoms with van der Waals surface area (Å²) in [6, 6.07) is 20.9. The van der Waals surface area contributed by atoms with Gasteiger partial charge in [-0.15, -0.1) is 0 Å². The van der Waals surface area contributed by atoms with Crippen LogP contribution in [0.1, 0.15) is 71.3 Å². The molecule has 1 aromatic heterocycles. The molecule has 178 valence electrons. The number of rotatable bonds is 7. The minimum atomic E-state index is -0.967. The van der Waals surface area contributed by atoms with Crippen LogP contribution in [0.3, 0.4) is 0 Å². The molecule has 1 fully saturated rings. The molecule has 1 amide bonds. The highest BCUT2D eigenvalue weighted by atomic mass is 16.4. The number of carbonyl (C=O) groups is 2. The van der Waals surface area contributed by atoms with Crippen molar-refractivity contribution in [3.8, 4) is 11.4 Å². The van der Waals surface area contributed by atoms with Crippen molar-refractivity contribution in [2.24, 2.45) is 0 Å². The number of carboxylic acids is 1. The van der Waals surface area contributed by atoms with Crippen molar-refractivity contribution in [3.63, 3.8) is 0 Å². The first kappa shape index (κ1) is 22.8. The number of hydrogen-bond donors (Lipinski definition) is 2. The number of imidazole rings is 1. The number of amides is 1. The Hall–Kier alpha value is -3.93. The molecule has 5 rings (SSSR count). The lowest BCUT2D eigenvalue weighted by atomic mass is 10.1. The lowest BCUT2D eigenvalue weighted by Gasteiger charge is -2.17. The molecule has 0 unspecified atom stereocenters. The third kappa shape index (κ3) is 4.56.